The Labute approximate surface area is 156 Å². The normalized spacial score (nSPS) is 15.3. The number of carbonyl (C=O) groups is 1. The maximum atomic E-state index is 11.9. The first-order chi connectivity index (χ1) is 12.7. The molecule has 1 N–H and O–H groups in total. The Kier molecular flexibility index (Phi) is 4.67. The molecule has 1 aliphatic heterocycles. The van der Waals surface area contributed by atoms with E-state index in [1.165, 1.54) is 0 Å². The van der Waals surface area contributed by atoms with Crippen LogP contribution in [0.2, 0.25) is 5.02 Å². The van der Waals surface area contributed by atoms with E-state index in [2.05, 4.69) is 5.32 Å². The third-order valence-electron chi connectivity index (χ3n) is 4.44. The molecule has 0 spiro atoms. The number of carbonyl (C=O) groups excluding carboxylic acids is 1. The van der Waals surface area contributed by atoms with Crippen molar-refractivity contribution in [2.24, 2.45) is 0 Å². The Bertz CT molecular complexity index is 943. The largest absolute Gasteiger partial charge is 0.487 e. The van der Waals surface area contributed by atoms with Crippen molar-refractivity contribution in [1.82, 2.24) is 5.32 Å². The van der Waals surface area contributed by atoms with Crippen LogP contribution in [-0.2, 0) is 17.8 Å². The molecule has 5 heteroatoms. The van der Waals surface area contributed by atoms with Crippen LogP contribution in [0, 0.1) is 0 Å². The first kappa shape index (κ1) is 16.7. The van der Waals surface area contributed by atoms with Crippen molar-refractivity contribution >= 4 is 28.5 Å². The second-order valence-electron chi connectivity index (χ2n) is 6.28. The van der Waals surface area contributed by atoms with Crippen LogP contribution >= 0.6 is 11.6 Å². The van der Waals surface area contributed by atoms with Crippen molar-refractivity contribution in [2.45, 2.75) is 19.1 Å². The van der Waals surface area contributed by atoms with Crippen LogP contribution in [0.15, 0.2) is 60.7 Å². The average molecular weight is 368 g/mol. The lowest BCUT2D eigenvalue weighted by Gasteiger charge is -2.13. The van der Waals surface area contributed by atoms with Gasteiger partial charge in [-0.05, 0) is 11.6 Å². The van der Waals surface area contributed by atoms with Gasteiger partial charge in [-0.2, -0.15) is 0 Å². The van der Waals surface area contributed by atoms with Crippen LogP contribution < -0.4 is 10.1 Å². The molecule has 0 aliphatic carbocycles. The van der Waals surface area contributed by atoms with E-state index in [9.17, 15) is 4.79 Å². The van der Waals surface area contributed by atoms with Crippen LogP contribution in [0.1, 0.15) is 11.1 Å². The van der Waals surface area contributed by atoms with Gasteiger partial charge in [0.1, 0.15) is 18.5 Å². The molecule has 0 bridgehead atoms. The molecular weight excluding hydrogens is 350 g/mol. The summed E-state index contributed by atoms with van der Waals surface area (Å²) in [5.41, 5.74) is 2.02. The van der Waals surface area contributed by atoms with Crippen molar-refractivity contribution in [3.05, 3.63) is 76.8 Å². The fourth-order valence-corrected chi connectivity index (χ4v) is 3.48. The van der Waals surface area contributed by atoms with Crippen molar-refractivity contribution < 1.29 is 14.3 Å². The number of amides is 1. The van der Waals surface area contributed by atoms with Crippen LogP contribution in [0.3, 0.4) is 0 Å². The zero-order valence-electron chi connectivity index (χ0n) is 14.1. The molecule has 26 heavy (non-hydrogen) atoms. The number of alkyl carbamates (subject to hydrolysis) is 1. The maximum Gasteiger partial charge on any atom is 0.407 e. The van der Waals surface area contributed by atoms with Gasteiger partial charge in [0.25, 0.3) is 0 Å². The Morgan fingerprint density at radius 1 is 1.12 bits per heavy atom. The van der Waals surface area contributed by atoms with Gasteiger partial charge in [0.15, 0.2) is 0 Å². The Morgan fingerprint density at radius 3 is 2.65 bits per heavy atom. The van der Waals surface area contributed by atoms with Gasteiger partial charge in [-0.25, -0.2) is 4.79 Å². The zero-order valence-corrected chi connectivity index (χ0v) is 14.8. The van der Waals surface area contributed by atoms with Crippen LogP contribution in [0.4, 0.5) is 4.79 Å². The first-order valence-electron chi connectivity index (χ1n) is 8.52. The van der Waals surface area contributed by atoms with Crippen LogP contribution in [-0.4, -0.2) is 18.7 Å². The van der Waals surface area contributed by atoms with E-state index < -0.39 is 6.09 Å². The SMILES string of the molecule is O=C(NCC1Cc2cc(Cl)c3ccccc3c2O1)OCc1ccccc1. The van der Waals surface area contributed by atoms with E-state index in [0.29, 0.717) is 13.0 Å². The van der Waals surface area contributed by atoms with Gasteiger partial charge in [-0.1, -0.05) is 66.2 Å². The third kappa shape index (κ3) is 3.46. The zero-order chi connectivity index (χ0) is 17.9. The molecule has 0 aromatic heterocycles. The monoisotopic (exact) mass is 367 g/mol. The summed E-state index contributed by atoms with van der Waals surface area (Å²) in [6.45, 7) is 0.632. The highest BCUT2D eigenvalue weighted by Crippen LogP contribution is 2.39. The van der Waals surface area contributed by atoms with Gasteiger partial charge >= 0.3 is 6.09 Å². The van der Waals surface area contributed by atoms with Gasteiger partial charge < -0.3 is 14.8 Å². The number of rotatable bonds is 4. The number of halogens is 1. The Hall–Kier alpha value is -2.72. The molecule has 1 amide bonds. The van der Waals surface area contributed by atoms with Gasteiger partial charge in [0, 0.05) is 27.8 Å². The molecule has 0 saturated carbocycles. The third-order valence-corrected chi connectivity index (χ3v) is 4.75. The highest BCUT2D eigenvalue weighted by Gasteiger charge is 2.26. The number of benzene rings is 3. The van der Waals surface area contributed by atoms with Crippen molar-refractivity contribution in [2.75, 3.05) is 6.54 Å². The molecule has 132 valence electrons. The Balaban J connectivity index is 1.35. The standard InChI is InChI=1S/C21H18ClNO3/c22-19-11-15-10-16(26-20(15)18-9-5-4-8-17(18)19)12-23-21(24)25-13-14-6-2-1-3-7-14/h1-9,11,16H,10,12-13H2,(H,23,24). The van der Waals surface area contributed by atoms with E-state index in [1.807, 2.05) is 60.7 Å². The van der Waals surface area contributed by atoms with Crippen LogP contribution in [0.25, 0.3) is 10.8 Å². The van der Waals surface area contributed by atoms with Crippen molar-refractivity contribution in [3.8, 4) is 5.75 Å². The smallest absolute Gasteiger partial charge is 0.407 e. The van der Waals surface area contributed by atoms with Crippen LogP contribution in [0.5, 0.6) is 5.75 Å². The molecule has 0 radical (unpaired) electrons. The highest BCUT2D eigenvalue weighted by molar-refractivity contribution is 6.36. The van der Waals surface area contributed by atoms with E-state index in [-0.39, 0.29) is 12.7 Å². The molecule has 4 rings (SSSR count). The molecule has 1 heterocycles. The summed E-state index contributed by atoms with van der Waals surface area (Å²) in [4.78, 5) is 11.9. The summed E-state index contributed by atoms with van der Waals surface area (Å²) >= 11 is 6.37. The number of hydrogen-bond donors (Lipinski definition) is 1. The average Bonchev–Trinajstić information content (AvgIpc) is 3.09. The van der Waals surface area contributed by atoms with Crippen molar-refractivity contribution in [1.29, 1.82) is 0 Å². The predicted octanol–water partition coefficient (Wildman–Crippen LogP) is 4.72. The maximum absolute atomic E-state index is 11.9. The first-order valence-corrected chi connectivity index (χ1v) is 8.90. The lowest BCUT2D eigenvalue weighted by atomic mass is 10.0. The minimum atomic E-state index is -0.448. The summed E-state index contributed by atoms with van der Waals surface area (Å²) in [6, 6.07) is 19.4. The summed E-state index contributed by atoms with van der Waals surface area (Å²) in [5.74, 6) is 0.856. The quantitative estimate of drug-likeness (QED) is 0.725. The molecule has 1 atom stereocenters. The van der Waals surface area contributed by atoms with Gasteiger partial charge in [0.05, 0.1) is 6.54 Å². The number of hydrogen-bond acceptors (Lipinski definition) is 3. The summed E-state index contributed by atoms with van der Waals surface area (Å²) in [5, 5.41) is 5.47. The summed E-state index contributed by atoms with van der Waals surface area (Å²) < 4.78 is 11.3. The lowest BCUT2D eigenvalue weighted by molar-refractivity contribution is 0.133. The number of nitrogens with one attached hydrogen (secondary N) is 1. The van der Waals surface area contributed by atoms with Gasteiger partial charge in [-0.3, -0.25) is 0 Å². The predicted molar refractivity (Wildman–Crippen MR) is 102 cm³/mol. The summed E-state index contributed by atoms with van der Waals surface area (Å²) in [7, 11) is 0. The molecule has 4 nitrogen and oxygen atoms in total. The molecule has 3 aromatic rings. The molecule has 1 aliphatic rings. The molecular formula is C21H18ClNO3. The molecule has 0 saturated heterocycles. The van der Waals surface area contributed by atoms with E-state index >= 15 is 0 Å². The van der Waals surface area contributed by atoms with E-state index in [1.54, 1.807) is 0 Å². The topological polar surface area (TPSA) is 47.6 Å². The number of fused-ring (bicyclic) bond motifs is 3. The molecule has 1 unspecified atom stereocenters. The fourth-order valence-electron chi connectivity index (χ4n) is 3.19. The minimum absolute atomic E-state index is 0.129. The molecule has 0 fully saturated rings. The van der Waals surface area contributed by atoms with Crippen molar-refractivity contribution in [3.63, 3.8) is 0 Å². The number of ether oxygens (including phenoxy) is 2. The second kappa shape index (κ2) is 7.26. The van der Waals surface area contributed by atoms with Gasteiger partial charge in [0.2, 0.25) is 0 Å². The highest BCUT2D eigenvalue weighted by atomic mass is 35.5. The minimum Gasteiger partial charge on any atom is -0.487 e. The Morgan fingerprint density at radius 2 is 1.85 bits per heavy atom. The second-order valence-corrected chi connectivity index (χ2v) is 6.69. The lowest BCUT2D eigenvalue weighted by Crippen LogP contribution is -2.34. The van der Waals surface area contributed by atoms with E-state index in [4.69, 9.17) is 21.1 Å². The molecule has 3 aromatic carbocycles. The van der Waals surface area contributed by atoms with E-state index in [0.717, 1.165) is 32.7 Å². The summed E-state index contributed by atoms with van der Waals surface area (Å²) in [6.07, 6.45) is 0.131. The fraction of sp³-hybridized carbons (Fsp3) is 0.190. The van der Waals surface area contributed by atoms with Gasteiger partial charge in [-0.15, -0.1) is 0 Å².